The van der Waals surface area contributed by atoms with E-state index in [1.54, 1.807) is 6.07 Å². The lowest BCUT2D eigenvalue weighted by Gasteiger charge is -2.11. The van der Waals surface area contributed by atoms with Crippen LogP contribution in [0.25, 0.3) is 0 Å². The molecule has 2 aromatic rings. The predicted octanol–water partition coefficient (Wildman–Crippen LogP) is 1.58. The van der Waals surface area contributed by atoms with Crippen LogP contribution in [0.1, 0.15) is 23.7 Å². The van der Waals surface area contributed by atoms with Crippen molar-refractivity contribution in [1.29, 1.82) is 0 Å². The van der Waals surface area contributed by atoms with Crippen molar-refractivity contribution in [2.75, 3.05) is 0 Å². The minimum absolute atomic E-state index is 0.0859. The molecule has 3 N–H and O–H groups in total. The lowest BCUT2D eigenvalue weighted by Crippen LogP contribution is -2.25. The predicted molar refractivity (Wildman–Crippen MR) is 82.0 cm³/mol. The number of sulfonamides is 1. The third-order valence-electron chi connectivity index (χ3n) is 3.28. The standard InChI is InChI=1S/C15H19N3O2S/c1-2-12-6-3-4-7-13(12)11-18-21(19,20)15-8-5-9-17-14(15)10-16/h3-9,18H,2,10-11,16H2,1H3. The van der Waals surface area contributed by atoms with Gasteiger partial charge in [-0.2, -0.15) is 0 Å². The van der Waals surface area contributed by atoms with E-state index in [2.05, 4.69) is 9.71 Å². The van der Waals surface area contributed by atoms with Crippen molar-refractivity contribution >= 4 is 10.0 Å². The second-order valence-corrected chi connectivity index (χ2v) is 6.33. The minimum Gasteiger partial charge on any atom is -0.325 e. The van der Waals surface area contributed by atoms with Gasteiger partial charge < -0.3 is 5.73 Å². The fraction of sp³-hybridized carbons (Fsp3) is 0.267. The summed E-state index contributed by atoms with van der Waals surface area (Å²) >= 11 is 0. The van der Waals surface area contributed by atoms with E-state index in [0.717, 1.165) is 17.5 Å². The van der Waals surface area contributed by atoms with Gasteiger partial charge >= 0.3 is 0 Å². The molecule has 1 aromatic carbocycles. The monoisotopic (exact) mass is 305 g/mol. The minimum atomic E-state index is -3.62. The van der Waals surface area contributed by atoms with E-state index in [4.69, 9.17) is 5.73 Å². The van der Waals surface area contributed by atoms with Crippen LogP contribution in [-0.4, -0.2) is 13.4 Å². The first-order chi connectivity index (χ1) is 10.1. The van der Waals surface area contributed by atoms with Crippen molar-refractivity contribution in [3.63, 3.8) is 0 Å². The molecular formula is C15H19N3O2S. The Morgan fingerprint density at radius 2 is 1.86 bits per heavy atom. The van der Waals surface area contributed by atoms with Crippen LogP contribution >= 0.6 is 0 Å². The van der Waals surface area contributed by atoms with Gasteiger partial charge in [0.15, 0.2) is 0 Å². The van der Waals surface area contributed by atoms with E-state index in [9.17, 15) is 8.42 Å². The molecule has 5 nitrogen and oxygen atoms in total. The third kappa shape index (κ3) is 3.66. The van der Waals surface area contributed by atoms with E-state index in [1.807, 2.05) is 31.2 Å². The van der Waals surface area contributed by atoms with E-state index >= 15 is 0 Å². The van der Waals surface area contributed by atoms with Gasteiger partial charge in [0.05, 0.1) is 5.69 Å². The maximum atomic E-state index is 12.4. The zero-order valence-electron chi connectivity index (χ0n) is 11.9. The second-order valence-electron chi connectivity index (χ2n) is 4.60. The fourth-order valence-corrected chi connectivity index (χ4v) is 3.35. The SMILES string of the molecule is CCc1ccccc1CNS(=O)(=O)c1cccnc1CN. The van der Waals surface area contributed by atoms with Crippen LogP contribution in [0.2, 0.25) is 0 Å². The average Bonchev–Trinajstić information content (AvgIpc) is 2.53. The first-order valence-corrected chi connectivity index (χ1v) is 8.27. The number of hydrogen-bond donors (Lipinski definition) is 2. The molecule has 0 spiro atoms. The van der Waals surface area contributed by atoms with Crippen LogP contribution in [0.4, 0.5) is 0 Å². The van der Waals surface area contributed by atoms with E-state index in [-0.39, 0.29) is 18.0 Å². The Labute approximate surface area is 125 Å². The number of aryl methyl sites for hydroxylation is 1. The lowest BCUT2D eigenvalue weighted by molar-refractivity contribution is 0.579. The first-order valence-electron chi connectivity index (χ1n) is 6.79. The molecular weight excluding hydrogens is 286 g/mol. The van der Waals surface area contributed by atoms with Crippen LogP contribution in [0.5, 0.6) is 0 Å². The van der Waals surface area contributed by atoms with Gasteiger partial charge in [-0.25, -0.2) is 13.1 Å². The Kier molecular flexibility index (Phi) is 5.06. The zero-order chi connectivity index (χ0) is 15.3. The first kappa shape index (κ1) is 15.6. The number of nitrogens with zero attached hydrogens (tertiary/aromatic N) is 1. The number of hydrogen-bond acceptors (Lipinski definition) is 4. The summed E-state index contributed by atoms with van der Waals surface area (Å²) in [5.41, 5.74) is 8.02. The van der Waals surface area contributed by atoms with Gasteiger partial charge in [-0.3, -0.25) is 4.98 Å². The number of benzene rings is 1. The van der Waals surface area contributed by atoms with E-state index < -0.39 is 10.0 Å². The highest BCUT2D eigenvalue weighted by atomic mass is 32.2. The number of pyridine rings is 1. The highest BCUT2D eigenvalue weighted by Gasteiger charge is 2.18. The maximum absolute atomic E-state index is 12.4. The fourth-order valence-electron chi connectivity index (χ4n) is 2.15. The molecule has 1 aromatic heterocycles. The molecule has 0 radical (unpaired) electrons. The molecule has 0 aliphatic heterocycles. The van der Waals surface area contributed by atoms with Gasteiger partial charge in [-0.05, 0) is 29.7 Å². The summed E-state index contributed by atoms with van der Waals surface area (Å²) < 4.78 is 27.4. The molecule has 0 saturated heterocycles. The Morgan fingerprint density at radius 3 is 2.52 bits per heavy atom. The molecule has 0 amide bonds. The van der Waals surface area contributed by atoms with Gasteiger partial charge in [0.1, 0.15) is 4.90 Å². The Morgan fingerprint density at radius 1 is 1.14 bits per heavy atom. The summed E-state index contributed by atoms with van der Waals surface area (Å²) in [7, 11) is -3.62. The van der Waals surface area contributed by atoms with Crippen molar-refractivity contribution in [3.05, 3.63) is 59.4 Å². The average molecular weight is 305 g/mol. The normalized spacial score (nSPS) is 11.5. The molecule has 0 fully saturated rings. The van der Waals surface area contributed by atoms with Crippen molar-refractivity contribution in [2.24, 2.45) is 5.73 Å². The molecule has 1 heterocycles. The van der Waals surface area contributed by atoms with Gasteiger partial charge in [-0.1, -0.05) is 31.2 Å². The molecule has 0 aliphatic carbocycles. The highest BCUT2D eigenvalue weighted by molar-refractivity contribution is 7.89. The Balaban J connectivity index is 2.22. The van der Waals surface area contributed by atoms with Crippen molar-refractivity contribution in [1.82, 2.24) is 9.71 Å². The van der Waals surface area contributed by atoms with Crippen LogP contribution in [0.15, 0.2) is 47.5 Å². The molecule has 0 unspecified atom stereocenters. The smallest absolute Gasteiger partial charge is 0.242 e. The van der Waals surface area contributed by atoms with E-state index in [0.29, 0.717) is 5.69 Å². The number of nitrogens with one attached hydrogen (secondary N) is 1. The largest absolute Gasteiger partial charge is 0.325 e. The molecule has 0 saturated carbocycles. The zero-order valence-corrected chi connectivity index (χ0v) is 12.7. The molecule has 2 rings (SSSR count). The molecule has 0 bridgehead atoms. The van der Waals surface area contributed by atoms with Crippen LogP contribution < -0.4 is 10.5 Å². The summed E-state index contributed by atoms with van der Waals surface area (Å²) in [6.07, 6.45) is 2.40. The summed E-state index contributed by atoms with van der Waals surface area (Å²) in [5, 5.41) is 0. The number of nitrogens with two attached hydrogens (primary N) is 1. The van der Waals surface area contributed by atoms with Gasteiger partial charge in [0.2, 0.25) is 10.0 Å². The van der Waals surface area contributed by atoms with Crippen LogP contribution in [0.3, 0.4) is 0 Å². The second kappa shape index (κ2) is 6.80. The molecule has 112 valence electrons. The quantitative estimate of drug-likeness (QED) is 0.848. The van der Waals surface area contributed by atoms with Crippen LogP contribution in [0, 0.1) is 0 Å². The van der Waals surface area contributed by atoms with Gasteiger partial charge in [0, 0.05) is 19.3 Å². The molecule has 6 heteroatoms. The highest BCUT2D eigenvalue weighted by Crippen LogP contribution is 2.14. The van der Waals surface area contributed by atoms with Gasteiger partial charge in [-0.15, -0.1) is 0 Å². The summed E-state index contributed by atoms with van der Waals surface area (Å²) in [5.74, 6) is 0. The Bertz CT molecular complexity index is 714. The van der Waals surface area contributed by atoms with E-state index in [1.165, 1.54) is 12.3 Å². The van der Waals surface area contributed by atoms with Crippen molar-refractivity contribution in [2.45, 2.75) is 31.3 Å². The van der Waals surface area contributed by atoms with Crippen molar-refractivity contribution < 1.29 is 8.42 Å². The number of rotatable bonds is 6. The lowest BCUT2D eigenvalue weighted by atomic mass is 10.1. The topological polar surface area (TPSA) is 85.1 Å². The molecule has 21 heavy (non-hydrogen) atoms. The summed E-state index contributed by atoms with van der Waals surface area (Å²) in [6.45, 7) is 2.38. The Hall–Kier alpha value is -1.76. The number of aromatic nitrogens is 1. The third-order valence-corrected chi connectivity index (χ3v) is 4.76. The van der Waals surface area contributed by atoms with Crippen LogP contribution in [-0.2, 0) is 29.5 Å². The van der Waals surface area contributed by atoms with Gasteiger partial charge in [0.25, 0.3) is 0 Å². The summed E-state index contributed by atoms with van der Waals surface area (Å²) in [4.78, 5) is 4.15. The van der Waals surface area contributed by atoms with Crippen molar-refractivity contribution in [3.8, 4) is 0 Å². The maximum Gasteiger partial charge on any atom is 0.242 e. The molecule has 0 atom stereocenters. The summed E-state index contributed by atoms with van der Waals surface area (Å²) in [6, 6.07) is 10.9. The molecule has 0 aliphatic rings.